The van der Waals surface area contributed by atoms with Crippen molar-refractivity contribution in [3.63, 3.8) is 0 Å². The largest absolute Gasteiger partial charge is 0.433 e. The number of carbonyl (C=O) groups excluding carboxylic acids is 1. The molecule has 10 heteroatoms. The molecule has 0 spiro atoms. The van der Waals surface area contributed by atoms with E-state index in [9.17, 15) is 31.1 Å². The van der Waals surface area contributed by atoms with Crippen LogP contribution < -0.4 is 10.2 Å². The summed E-state index contributed by atoms with van der Waals surface area (Å²) < 4.78 is 76.8. The van der Waals surface area contributed by atoms with E-state index < -0.39 is 41.2 Å². The quantitative estimate of drug-likeness (QED) is 0.489. The molecule has 1 amide bonds. The van der Waals surface area contributed by atoms with Crippen molar-refractivity contribution >= 4 is 11.6 Å². The predicted octanol–water partition coefficient (Wildman–Crippen LogP) is 5.30. The topological polar surface area (TPSA) is 45.2 Å². The minimum absolute atomic E-state index is 0.293. The van der Waals surface area contributed by atoms with Gasteiger partial charge in [0.1, 0.15) is 5.69 Å². The van der Waals surface area contributed by atoms with Crippen LogP contribution in [0.25, 0.3) is 0 Å². The van der Waals surface area contributed by atoms with Crippen molar-refractivity contribution in [3.8, 4) is 0 Å². The molecule has 172 valence electrons. The van der Waals surface area contributed by atoms with Gasteiger partial charge in [-0.2, -0.15) is 26.3 Å². The van der Waals surface area contributed by atoms with Crippen LogP contribution >= 0.6 is 0 Å². The fraction of sp³-hybridized carbons (Fsp3) is 0.364. The summed E-state index contributed by atoms with van der Waals surface area (Å²) in [6.07, 6.45) is -6.12. The van der Waals surface area contributed by atoms with E-state index in [2.05, 4.69) is 16.9 Å². The Hall–Kier alpha value is -2.88. The molecule has 1 N–H and O–H groups in total. The Labute approximate surface area is 180 Å². The molecule has 0 bridgehead atoms. The maximum atomic E-state index is 13.1. The summed E-state index contributed by atoms with van der Waals surface area (Å²) in [5, 5.41) is 3.14. The number of nitrogens with zero attached hydrogens (tertiary/aromatic N) is 2. The van der Waals surface area contributed by atoms with E-state index in [1.165, 1.54) is 29.2 Å². The SMILES string of the molecule is C=C[C@H]1C[C@H](NC(C)(C)c2ccc(C(F)(F)F)nc2)C(=O)N1c1ccc(C(F)(F)F)cc1. The lowest BCUT2D eigenvalue weighted by Gasteiger charge is -2.30. The van der Waals surface area contributed by atoms with Gasteiger partial charge in [0.25, 0.3) is 0 Å². The first kappa shape index (κ1) is 23.8. The lowest BCUT2D eigenvalue weighted by atomic mass is 9.94. The molecule has 2 atom stereocenters. The van der Waals surface area contributed by atoms with Crippen LogP contribution in [0.15, 0.2) is 55.3 Å². The van der Waals surface area contributed by atoms with Crippen LogP contribution in [0.1, 0.15) is 37.1 Å². The standard InChI is InChI=1S/C22H21F6N3O/c1-4-15-11-17(19(32)31(15)16-8-5-13(6-9-16)21(23,24)25)30-20(2,3)14-7-10-18(29-12-14)22(26,27)28/h4-10,12,15,17,30H,1,11H2,2-3H3/t15-,17-/m0/s1. The van der Waals surface area contributed by atoms with Crippen molar-refractivity contribution in [2.75, 3.05) is 4.90 Å². The van der Waals surface area contributed by atoms with Gasteiger partial charge in [-0.1, -0.05) is 12.1 Å². The number of aromatic nitrogens is 1. The van der Waals surface area contributed by atoms with Crippen molar-refractivity contribution in [2.45, 2.75) is 50.2 Å². The smallest absolute Gasteiger partial charge is 0.304 e. The van der Waals surface area contributed by atoms with Crippen LogP contribution in [0, 0.1) is 0 Å². The van der Waals surface area contributed by atoms with Crippen molar-refractivity contribution in [3.05, 3.63) is 72.1 Å². The zero-order valence-corrected chi connectivity index (χ0v) is 17.3. The minimum atomic E-state index is -4.56. The molecule has 1 saturated heterocycles. The molecule has 32 heavy (non-hydrogen) atoms. The lowest BCUT2D eigenvalue weighted by Crippen LogP contribution is -2.48. The number of pyridine rings is 1. The van der Waals surface area contributed by atoms with Crippen LogP contribution in [-0.4, -0.2) is 23.0 Å². The molecule has 2 aromatic rings. The molecule has 1 aromatic heterocycles. The van der Waals surface area contributed by atoms with Crippen LogP contribution in [0.2, 0.25) is 0 Å². The Morgan fingerprint density at radius 2 is 1.59 bits per heavy atom. The van der Waals surface area contributed by atoms with Crippen molar-refractivity contribution in [1.82, 2.24) is 10.3 Å². The zero-order valence-electron chi connectivity index (χ0n) is 17.3. The second-order valence-electron chi connectivity index (χ2n) is 8.04. The maximum Gasteiger partial charge on any atom is 0.433 e. The highest BCUT2D eigenvalue weighted by atomic mass is 19.4. The van der Waals surface area contributed by atoms with E-state index in [4.69, 9.17) is 0 Å². The van der Waals surface area contributed by atoms with E-state index in [0.717, 1.165) is 24.4 Å². The van der Waals surface area contributed by atoms with Gasteiger partial charge in [-0.3, -0.25) is 15.1 Å². The van der Waals surface area contributed by atoms with Gasteiger partial charge >= 0.3 is 12.4 Å². The molecular weight excluding hydrogens is 436 g/mol. The molecule has 1 fully saturated rings. The molecule has 3 rings (SSSR count). The number of alkyl halides is 6. The summed E-state index contributed by atoms with van der Waals surface area (Å²) in [6, 6.07) is 5.24. The van der Waals surface area contributed by atoms with E-state index in [1.807, 2.05) is 0 Å². The summed E-state index contributed by atoms with van der Waals surface area (Å²) in [5.74, 6) is -0.373. The number of hydrogen-bond donors (Lipinski definition) is 1. The molecule has 1 aliphatic heterocycles. The summed E-state index contributed by atoms with van der Waals surface area (Å²) in [5.41, 5.74) is -2.00. The average molecular weight is 457 g/mol. The zero-order chi connectivity index (χ0) is 23.9. The number of carbonyl (C=O) groups is 1. The van der Waals surface area contributed by atoms with Crippen molar-refractivity contribution in [1.29, 1.82) is 0 Å². The number of halogens is 6. The Bertz CT molecular complexity index is 981. The van der Waals surface area contributed by atoms with E-state index in [-0.39, 0.29) is 5.91 Å². The van der Waals surface area contributed by atoms with Crippen LogP contribution in [-0.2, 0) is 22.7 Å². The number of nitrogens with one attached hydrogen (secondary N) is 1. The fourth-order valence-corrected chi connectivity index (χ4v) is 3.68. The minimum Gasteiger partial charge on any atom is -0.304 e. The summed E-state index contributed by atoms with van der Waals surface area (Å²) in [4.78, 5) is 17.9. The Kier molecular flexibility index (Phi) is 6.12. The van der Waals surface area contributed by atoms with Crippen molar-refractivity contribution in [2.24, 2.45) is 0 Å². The van der Waals surface area contributed by atoms with Gasteiger partial charge in [-0.15, -0.1) is 6.58 Å². The van der Waals surface area contributed by atoms with Crippen LogP contribution in [0.4, 0.5) is 32.0 Å². The van der Waals surface area contributed by atoms with Gasteiger partial charge in [0.05, 0.1) is 17.6 Å². The first-order chi connectivity index (χ1) is 14.7. The van der Waals surface area contributed by atoms with Crippen LogP contribution in [0.3, 0.4) is 0 Å². The van der Waals surface area contributed by atoms with Gasteiger partial charge < -0.3 is 4.90 Å². The number of anilines is 1. The fourth-order valence-electron chi connectivity index (χ4n) is 3.68. The maximum absolute atomic E-state index is 13.1. The van der Waals surface area contributed by atoms with Gasteiger partial charge in [-0.25, -0.2) is 0 Å². The molecule has 0 unspecified atom stereocenters. The molecule has 2 heterocycles. The third kappa shape index (κ3) is 4.79. The molecule has 0 saturated carbocycles. The molecule has 0 radical (unpaired) electrons. The monoisotopic (exact) mass is 457 g/mol. The third-order valence-corrected chi connectivity index (χ3v) is 5.40. The van der Waals surface area contributed by atoms with Crippen LogP contribution in [0.5, 0.6) is 0 Å². The van der Waals surface area contributed by atoms with Crippen molar-refractivity contribution < 1.29 is 31.1 Å². The number of hydrogen-bond acceptors (Lipinski definition) is 3. The average Bonchev–Trinajstić information content (AvgIpc) is 3.01. The lowest BCUT2D eigenvalue weighted by molar-refractivity contribution is -0.141. The first-order valence-electron chi connectivity index (χ1n) is 9.68. The Morgan fingerprint density at radius 3 is 2.06 bits per heavy atom. The summed E-state index contributed by atoms with van der Waals surface area (Å²) in [7, 11) is 0. The highest BCUT2D eigenvalue weighted by Gasteiger charge is 2.42. The molecule has 1 aliphatic rings. The summed E-state index contributed by atoms with van der Waals surface area (Å²) in [6.45, 7) is 7.12. The Balaban J connectivity index is 1.81. The molecule has 0 aliphatic carbocycles. The normalized spacial score (nSPS) is 20.0. The van der Waals surface area contributed by atoms with E-state index in [1.54, 1.807) is 13.8 Å². The number of amides is 1. The molecule has 4 nitrogen and oxygen atoms in total. The van der Waals surface area contributed by atoms with E-state index >= 15 is 0 Å². The highest BCUT2D eigenvalue weighted by Crippen LogP contribution is 2.34. The highest BCUT2D eigenvalue weighted by molar-refractivity contribution is 6.00. The van der Waals surface area contributed by atoms with E-state index in [0.29, 0.717) is 17.7 Å². The molecular formula is C22H21F6N3O. The summed E-state index contributed by atoms with van der Waals surface area (Å²) >= 11 is 0. The second-order valence-corrected chi connectivity index (χ2v) is 8.04. The third-order valence-electron chi connectivity index (χ3n) is 5.40. The molecule has 1 aromatic carbocycles. The predicted molar refractivity (Wildman–Crippen MR) is 107 cm³/mol. The first-order valence-corrected chi connectivity index (χ1v) is 9.68. The van der Waals surface area contributed by atoms with Gasteiger partial charge in [0.15, 0.2) is 0 Å². The number of rotatable bonds is 5. The van der Waals surface area contributed by atoms with Gasteiger partial charge in [-0.05, 0) is 56.2 Å². The van der Waals surface area contributed by atoms with Gasteiger partial charge in [0.2, 0.25) is 5.91 Å². The Morgan fingerprint density at radius 1 is 1.00 bits per heavy atom. The second kappa shape index (κ2) is 8.23. The van der Waals surface area contributed by atoms with Gasteiger partial charge in [0, 0.05) is 17.4 Å². The number of benzene rings is 1.